The minimum absolute atomic E-state index is 0.0570. The first kappa shape index (κ1) is 38.2. The molecule has 0 aromatic heterocycles. The van der Waals surface area contributed by atoms with E-state index in [0.29, 0.717) is 49.8 Å². The zero-order valence-corrected chi connectivity index (χ0v) is 31.9. The van der Waals surface area contributed by atoms with Gasteiger partial charge in [-0.15, -0.1) is 0 Å². The Labute approximate surface area is 316 Å². The Hall–Kier alpha value is -4.52. The number of fused-ring (bicyclic) bond motifs is 8. The van der Waals surface area contributed by atoms with E-state index in [1.54, 1.807) is 4.90 Å². The van der Waals surface area contributed by atoms with Crippen LogP contribution >= 0.6 is 0 Å². The van der Waals surface area contributed by atoms with E-state index in [2.05, 4.69) is 56.4 Å². The lowest BCUT2D eigenvalue weighted by atomic mass is 9.64. The van der Waals surface area contributed by atoms with Gasteiger partial charge in [-0.2, -0.15) is 0 Å². The summed E-state index contributed by atoms with van der Waals surface area (Å²) in [7, 11) is 0. The minimum atomic E-state index is -1.19. The van der Waals surface area contributed by atoms with Crippen LogP contribution in [0.3, 0.4) is 0 Å². The van der Waals surface area contributed by atoms with Crippen molar-refractivity contribution in [2.24, 2.45) is 5.41 Å². The predicted octanol–water partition coefficient (Wildman–Crippen LogP) is 9.81. The van der Waals surface area contributed by atoms with Gasteiger partial charge in [-0.3, -0.25) is 4.79 Å². The quantitative estimate of drug-likeness (QED) is 0.119. The summed E-state index contributed by atoms with van der Waals surface area (Å²) in [5.74, 6) is -0.182. The molecule has 0 aliphatic heterocycles. The number of aliphatic hydroxyl groups is 2. The Balaban J connectivity index is 1.36. The van der Waals surface area contributed by atoms with Crippen LogP contribution in [0.5, 0.6) is 0 Å². The van der Waals surface area contributed by atoms with Crippen molar-refractivity contribution in [3.8, 4) is 11.1 Å². The summed E-state index contributed by atoms with van der Waals surface area (Å²) in [5, 5.41) is 27.1. The number of hydrogen-bond donors (Lipinski definition) is 3. The van der Waals surface area contributed by atoms with Crippen LogP contribution in [-0.4, -0.2) is 51.7 Å². The number of carbonyl (C=O) groups excluding carboxylic acids is 2. The number of ketones is 1. The summed E-state index contributed by atoms with van der Waals surface area (Å²) in [5.41, 5.74) is 5.67. The number of allylic oxidation sites excluding steroid dienone is 2. The Kier molecular flexibility index (Phi) is 12.0. The van der Waals surface area contributed by atoms with Gasteiger partial charge in [-0.25, -0.2) is 4.79 Å². The van der Waals surface area contributed by atoms with Crippen LogP contribution in [0.2, 0.25) is 0 Å². The third-order valence-electron chi connectivity index (χ3n) is 12.0. The maximum absolute atomic E-state index is 14.6. The van der Waals surface area contributed by atoms with Gasteiger partial charge in [0.25, 0.3) is 0 Å². The average Bonchev–Trinajstić information content (AvgIpc) is 3.42. The van der Waals surface area contributed by atoms with Gasteiger partial charge in [-0.1, -0.05) is 123 Å². The Morgan fingerprint density at radius 3 is 2.28 bits per heavy atom. The van der Waals surface area contributed by atoms with Crippen molar-refractivity contribution in [3.63, 3.8) is 0 Å². The highest BCUT2D eigenvalue weighted by Crippen LogP contribution is 2.59. The van der Waals surface area contributed by atoms with Crippen molar-refractivity contribution in [1.82, 2.24) is 10.2 Å². The van der Waals surface area contributed by atoms with E-state index in [1.807, 2.05) is 85.8 Å². The van der Waals surface area contributed by atoms with Crippen molar-refractivity contribution in [2.45, 2.75) is 103 Å². The number of nitrogens with zero attached hydrogens (tertiary/aromatic N) is 1. The van der Waals surface area contributed by atoms with Gasteiger partial charge in [-0.05, 0) is 105 Å². The van der Waals surface area contributed by atoms with Gasteiger partial charge in [0.2, 0.25) is 0 Å². The van der Waals surface area contributed by atoms with Crippen molar-refractivity contribution in [3.05, 3.63) is 143 Å². The highest BCUT2D eigenvalue weighted by Gasteiger charge is 2.57. The second-order valence-electron chi connectivity index (χ2n) is 15.7. The van der Waals surface area contributed by atoms with Crippen molar-refractivity contribution < 1.29 is 19.8 Å². The summed E-state index contributed by atoms with van der Waals surface area (Å²) < 4.78 is 0. The van der Waals surface area contributed by atoms with E-state index in [0.717, 1.165) is 47.1 Å². The molecule has 0 radical (unpaired) electrons. The first-order chi connectivity index (χ1) is 25.5. The topological polar surface area (TPSA) is 89.9 Å². The number of carbonyl (C=O) groups is 2. The molecule has 6 heteroatoms. The Bertz CT molecular complexity index is 1890. The predicted molar refractivity (Wildman–Crippen MR) is 214 cm³/mol. The fraction of sp³-hybridized carbons (Fsp3) is 0.404. The number of rotatable bonds is 9. The van der Waals surface area contributed by atoms with Crippen LogP contribution < -0.4 is 5.32 Å². The maximum Gasteiger partial charge on any atom is 0.317 e. The molecule has 3 aliphatic carbocycles. The van der Waals surface area contributed by atoms with Crippen LogP contribution in [0.4, 0.5) is 4.79 Å². The molecule has 0 spiro atoms. The summed E-state index contributed by atoms with van der Waals surface area (Å²) >= 11 is 0. The molecule has 1 saturated carbocycles. The monoisotopic (exact) mass is 712 g/mol. The van der Waals surface area contributed by atoms with Crippen LogP contribution in [0.1, 0.15) is 117 Å². The van der Waals surface area contributed by atoms with E-state index in [9.17, 15) is 19.8 Å². The highest BCUT2D eigenvalue weighted by molar-refractivity contribution is 6.10. The molecule has 1 fully saturated rings. The third kappa shape index (κ3) is 8.50. The third-order valence-corrected chi connectivity index (χ3v) is 12.0. The fourth-order valence-electron chi connectivity index (χ4n) is 8.74. The largest absolute Gasteiger partial charge is 0.393 e. The minimum Gasteiger partial charge on any atom is -0.393 e. The molecule has 0 saturated heterocycles. The number of amides is 2. The molecule has 2 bridgehead atoms. The standard InChI is InChI=1S/C47H56N2O4/c1-5-29-49(45(52)48-34(3)36-14-8-6-9-15-36)32-47(53)28-26-43-41-25-19-35(30-40(50)24-18-33(2)13-12-27-46(43,47)4)31-42(41)44(51)39-22-20-38(21-23-39)37-16-10-7-11-17-37/h6-11,13-17,19-23,25,31,34,40,43,50,53H,5,12,18,24,26-30,32H2,1-4H3,(H,48,52). The molecular weight excluding hydrogens is 657 g/mol. The van der Waals surface area contributed by atoms with E-state index in [4.69, 9.17) is 0 Å². The second kappa shape index (κ2) is 16.7. The smallest absolute Gasteiger partial charge is 0.317 e. The molecule has 4 aromatic rings. The van der Waals surface area contributed by atoms with Crippen LogP contribution in [0.15, 0.2) is 115 Å². The van der Waals surface area contributed by atoms with E-state index in [-0.39, 0.29) is 30.3 Å². The number of aliphatic hydroxyl groups excluding tert-OH is 1. The summed E-state index contributed by atoms with van der Waals surface area (Å²) in [4.78, 5) is 30.3. The van der Waals surface area contributed by atoms with Crippen molar-refractivity contribution in [1.29, 1.82) is 0 Å². The molecule has 7 rings (SSSR count). The Morgan fingerprint density at radius 1 is 0.906 bits per heavy atom. The van der Waals surface area contributed by atoms with Crippen LogP contribution in [0.25, 0.3) is 11.1 Å². The molecule has 4 aromatic carbocycles. The molecule has 3 N–H and O–H groups in total. The molecule has 5 atom stereocenters. The first-order valence-electron chi connectivity index (χ1n) is 19.5. The normalized spacial score (nSPS) is 23.7. The van der Waals surface area contributed by atoms with Gasteiger partial charge in [0.1, 0.15) is 0 Å². The first-order valence-corrected chi connectivity index (χ1v) is 19.5. The van der Waals surface area contributed by atoms with Gasteiger partial charge in [0.05, 0.1) is 24.3 Å². The number of hydrogen-bond acceptors (Lipinski definition) is 4. The van der Waals surface area contributed by atoms with E-state index >= 15 is 0 Å². The number of urea groups is 1. The SMILES string of the molecule is CCCN(CC1(O)CCC2c3ccc(cc3C(=O)c3ccc(-c4ccccc4)cc3)CC(O)CCC(C)=CCCC21C)C(=O)NC(C)c1ccccc1. The Morgan fingerprint density at radius 2 is 1.58 bits per heavy atom. The summed E-state index contributed by atoms with van der Waals surface area (Å²) in [6.45, 7) is 9.07. The molecule has 53 heavy (non-hydrogen) atoms. The molecule has 2 amide bonds. The highest BCUT2D eigenvalue weighted by atomic mass is 16.3. The van der Waals surface area contributed by atoms with Crippen molar-refractivity contribution in [2.75, 3.05) is 13.1 Å². The summed E-state index contributed by atoms with van der Waals surface area (Å²) in [6, 6.07) is 33.6. The molecule has 278 valence electrons. The number of nitrogens with one attached hydrogen (secondary N) is 1. The molecule has 0 heterocycles. The van der Waals surface area contributed by atoms with Crippen LogP contribution in [-0.2, 0) is 6.42 Å². The fourth-order valence-corrected chi connectivity index (χ4v) is 8.74. The van der Waals surface area contributed by atoms with E-state index in [1.165, 1.54) is 5.57 Å². The molecule has 3 aliphatic rings. The lowest BCUT2D eigenvalue weighted by molar-refractivity contribution is -0.0770. The lowest BCUT2D eigenvalue weighted by Crippen LogP contribution is -2.55. The maximum atomic E-state index is 14.6. The zero-order valence-electron chi connectivity index (χ0n) is 31.9. The van der Waals surface area contributed by atoms with Crippen LogP contribution in [0, 0.1) is 5.41 Å². The van der Waals surface area contributed by atoms with Crippen molar-refractivity contribution >= 4 is 11.8 Å². The van der Waals surface area contributed by atoms with Gasteiger partial charge < -0.3 is 20.4 Å². The number of benzene rings is 4. The van der Waals surface area contributed by atoms with E-state index < -0.39 is 17.1 Å². The molecule has 5 unspecified atom stereocenters. The van der Waals surface area contributed by atoms with Gasteiger partial charge in [0.15, 0.2) is 5.78 Å². The van der Waals surface area contributed by atoms with Gasteiger partial charge in [0, 0.05) is 23.1 Å². The summed E-state index contributed by atoms with van der Waals surface area (Å²) in [6.07, 6.45) is 7.04. The molecule has 6 nitrogen and oxygen atoms in total. The zero-order chi connectivity index (χ0) is 37.6. The lowest BCUT2D eigenvalue weighted by Gasteiger charge is -2.46. The molecular formula is C47H56N2O4. The van der Waals surface area contributed by atoms with Gasteiger partial charge >= 0.3 is 6.03 Å². The second-order valence-corrected chi connectivity index (χ2v) is 15.7. The average molecular weight is 713 g/mol.